The van der Waals surface area contributed by atoms with Crippen molar-refractivity contribution in [2.45, 2.75) is 18.8 Å². The largest absolute Gasteiger partial charge is 0.573 e. The highest BCUT2D eigenvalue weighted by molar-refractivity contribution is 5.29. The fourth-order valence-electron chi connectivity index (χ4n) is 1.23. The first-order valence-electron chi connectivity index (χ1n) is 4.64. The number of hydrogen-bond acceptors (Lipinski definition) is 2. The van der Waals surface area contributed by atoms with E-state index < -0.39 is 6.36 Å². The van der Waals surface area contributed by atoms with Gasteiger partial charge in [0.25, 0.3) is 0 Å². The maximum Gasteiger partial charge on any atom is 0.573 e. The average molecular weight is 231 g/mol. The smallest absolute Gasteiger partial charge is 0.406 e. The maximum absolute atomic E-state index is 11.9. The first-order chi connectivity index (χ1) is 7.42. The van der Waals surface area contributed by atoms with E-state index in [0.29, 0.717) is 6.42 Å². The van der Waals surface area contributed by atoms with Gasteiger partial charge >= 0.3 is 6.36 Å². The Balaban J connectivity index is 2.71. The first kappa shape index (κ1) is 12.6. The summed E-state index contributed by atoms with van der Waals surface area (Å²) in [4.78, 5) is 0. The van der Waals surface area contributed by atoms with Crippen molar-refractivity contribution in [2.75, 3.05) is 0 Å². The Morgan fingerprint density at radius 1 is 1.31 bits per heavy atom. The summed E-state index contributed by atoms with van der Waals surface area (Å²) in [6.07, 6.45) is -2.44. The molecular weight excluding hydrogens is 219 g/mol. The molecule has 88 valence electrons. The second kappa shape index (κ2) is 5.03. The summed E-state index contributed by atoms with van der Waals surface area (Å²) < 4.78 is 39.3. The maximum atomic E-state index is 11.9. The summed E-state index contributed by atoms with van der Waals surface area (Å²) in [6.45, 7) is 3.54. The Hall–Kier alpha value is -1.49. The van der Waals surface area contributed by atoms with Gasteiger partial charge in [-0.3, -0.25) is 0 Å². The average Bonchev–Trinajstić information content (AvgIpc) is 2.16. The molecule has 0 radical (unpaired) electrons. The van der Waals surface area contributed by atoms with Crippen LogP contribution in [0, 0.1) is 0 Å². The zero-order valence-electron chi connectivity index (χ0n) is 8.50. The molecule has 0 aromatic heterocycles. The van der Waals surface area contributed by atoms with Gasteiger partial charge in [-0.05, 0) is 24.1 Å². The third kappa shape index (κ3) is 3.94. The molecule has 1 aromatic carbocycles. The van der Waals surface area contributed by atoms with Crippen LogP contribution in [0.3, 0.4) is 0 Å². The molecular formula is C11H12F3NO. The quantitative estimate of drug-likeness (QED) is 0.808. The number of halogens is 3. The third-order valence-corrected chi connectivity index (χ3v) is 1.96. The van der Waals surface area contributed by atoms with Crippen molar-refractivity contribution < 1.29 is 17.9 Å². The van der Waals surface area contributed by atoms with Crippen molar-refractivity contribution in [3.05, 3.63) is 42.5 Å². The molecule has 5 heteroatoms. The topological polar surface area (TPSA) is 35.2 Å². The molecule has 1 unspecified atom stereocenters. The molecule has 16 heavy (non-hydrogen) atoms. The molecule has 0 aliphatic rings. The minimum atomic E-state index is -4.66. The van der Waals surface area contributed by atoms with Gasteiger partial charge in [0.1, 0.15) is 5.75 Å². The van der Waals surface area contributed by atoms with E-state index in [4.69, 9.17) is 5.73 Å². The SMILES string of the molecule is C=CCC(N)c1ccc(OC(F)(F)F)cc1. The lowest BCUT2D eigenvalue weighted by molar-refractivity contribution is -0.274. The number of ether oxygens (including phenoxy) is 1. The highest BCUT2D eigenvalue weighted by atomic mass is 19.4. The zero-order chi connectivity index (χ0) is 12.2. The molecule has 1 aromatic rings. The first-order valence-corrected chi connectivity index (χ1v) is 4.64. The monoisotopic (exact) mass is 231 g/mol. The lowest BCUT2D eigenvalue weighted by atomic mass is 10.1. The van der Waals surface area contributed by atoms with Gasteiger partial charge in [-0.2, -0.15) is 0 Å². The molecule has 0 aliphatic heterocycles. The Morgan fingerprint density at radius 2 is 1.88 bits per heavy atom. The van der Waals surface area contributed by atoms with Gasteiger partial charge in [0.2, 0.25) is 0 Å². The number of hydrogen-bond donors (Lipinski definition) is 1. The summed E-state index contributed by atoms with van der Waals surface area (Å²) in [7, 11) is 0. The molecule has 1 rings (SSSR count). The highest BCUT2D eigenvalue weighted by Gasteiger charge is 2.30. The third-order valence-electron chi connectivity index (χ3n) is 1.96. The summed E-state index contributed by atoms with van der Waals surface area (Å²) >= 11 is 0. The molecule has 1 atom stereocenters. The van der Waals surface area contributed by atoms with Gasteiger partial charge in [-0.15, -0.1) is 19.8 Å². The van der Waals surface area contributed by atoms with Gasteiger partial charge in [-0.1, -0.05) is 18.2 Å². The van der Waals surface area contributed by atoms with Crippen molar-refractivity contribution >= 4 is 0 Å². The van der Waals surface area contributed by atoms with Gasteiger partial charge in [0.15, 0.2) is 0 Å². The van der Waals surface area contributed by atoms with Crippen LogP contribution in [0.2, 0.25) is 0 Å². The Bertz CT molecular complexity index is 345. The normalized spacial score (nSPS) is 13.2. The molecule has 0 saturated heterocycles. The van der Waals surface area contributed by atoms with E-state index >= 15 is 0 Å². The predicted molar refractivity (Wildman–Crippen MR) is 54.9 cm³/mol. The van der Waals surface area contributed by atoms with Crippen molar-refractivity contribution in [3.63, 3.8) is 0 Å². The fourth-order valence-corrected chi connectivity index (χ4v) is 1.23. The standard InChI is InChI=1S/C11H12F3NO/c1-2-3-10(15)8-4-6-9(7-5-8)16-11(12,13)14/h2,4-7,10H,1,3,15H2. The summed E-state index contributed by atoms with van der Waals surface area (Å²) in [5.74, 6) is -0.248. The molecule has 0 spiro atoms. The van der Waals surface area contributed by atoms with Crippen LogP contribution in [0.15, 0.2) is 36.9 Å². The van der Waals surface area contributed by atoms with E-state index in [0.717, 1.165) is 5.56 Å². The number of nitrogens with two attached hydrogens (primary N) is 1. The Kier molecular flexibility index (Phi) is 3.95. The van der Waals surface area contributed by atoms with Gasteiger partial charge in [-0.25, -0.2) is 0 Å². The second-order valence-electron chi connectivity index (χ2n) is 3.25. The molecule has 2 nitrogen and oxygen atoms in total. The number of alkyl halides is 3. The molecule has 0 bridgehead atoms. The zero-order valence-corrected chi connectivity index (χ0v) is 8.50. The Morgan fingerprint density at radius 3 is 2.31 bits per heavy atom. The van der Waals surface area contributed by atoms with Crippen molar-refractivity contribution in [1.82, 2.24) is 0 Å². The second-order valence-corrected chi connectivity index (χ2v) is 3.25. The van der Waals surface area contributed by atoms with E-state index in [2.05, 4.69) is 11.3 Å². The highest BCUT2D eigenvalue weighted by Crippen LogP contribution is 2.24. The van der Waals surface area contributed by atoms with Crippen molar-refractivity contribution in [2.24, 2.45) is 5.73 Å². The minimum absolute atomic E-state index is 0.248. The van der Waals surface area contributed by atoms with Gasteiger partial charge in [0.05, 0.1) is 0 Å². The van der Waals surface area contributed by atoms with Crippen LogP contribution < -0.4 is 10.5 Å². The number of benzene rings is 1. The van der Waals surface area contributed by atoms with Gasteiger partial charge < -0.3 is 10.5 Å². The summed E-state index contributed by atoms with van der Waals surface area (Å²) in [5, 5.41) is 0. The lowest BCUT2D eigenvalue weighted by Gasteiger charge is -2.12. The molecule has 0 fully saturated rings. The minimum Gasteiger partial charge on any atom is -0.406 e. The van der Waals surface area contributed by atoms with Crippen LogP contribution in [-0.2, 0) is 0 Å². The van der Waals surface area contributed by atoms with E-state index in [9.17, 15) is 13.2 Å². The Labute approximate surface area is 91.5 Å². The molecule has 2 N–H and O–H groups in total. The molecule has 0 amide bonds. The lowest BCUT2D eigenvalue weighted by Crippen LogP contribution is -2.17. The van der Waals surface area contributed by atoms with Crippen molar-refractivity contribution in [3.8, 4) is 5.75 Å². The molecule has 0 saturated carbocycles. The van der Waals surface area contributed by atoms with Crippen LogP contribution in [0.25, 0.3) is 0 Å². The van der Waals surface area contributed by atoms with Crippen LogP contribution >= 0.6 is 0 Å². The van der Waals surface area contributed by atoms with Crippen LogP contribution in [0.1, 0.15) is 18.0 Å². The van der Waals surface area contributed by atoms with Gasteiger partial charge in [0, 0.05) is 6.04 Å². The summed E-state index contributed by atoms with van der Waals surface area (Å²) in [6, 6.07) is 5.25. The van der Waals surface area contributed by atoms with Crippen LogP contribution in [0.5, 0.6) is 5.75 Å². The molecule has 0 heterocycles. The van der Waals surface area contributed by atoms with E-state index in [-0.39, 0.29) is 11.8 Å². The molecule has 0 aliphatic carbocycles. The van der Waals surface area contributed by atoms with E-state index in [1.165, 1.54) is 24.3 Å². The van der Waals surface area contributed by atoms with Crippen LogP contribution in [-0.4, -0.2) is 6.36 Å². The summed E-state index contributed by atoms with van der Waals surface area (Å²) in [5.41, 5.74) is 6.49. The fraction of sp³-hybridized carbons (Fsp3) is 0.273. The van der Waals surface area contributed by atoms with Crippen LogP contribution in [0.4, 0.5) is 13.2 Å². The number of rotatable bonds is 4. The predicted octanol–water partition coefficient (Wildman–Crippen LogP) is 3.16. The van der Waals surface area contributed by atoms with E-state index in [1.54, 1.807) is 6.08 Å². The van der Waals surface area contributed by atoms with Crippen molar-refractivity contribution in [1.29, 1.82) is 0 Å². The van der Waals surface area contributed by atoms with E-state index in [1.807, 2.05) is 0 Å².